The maximum atomic E-state index is 12.4. The van der Waals surface area contributed by atoms with E-state index in [1.165, 1.54) is 34.1 Å². The van der Waals surface area contributed by atoms with Gasteiger partial charge < -0.3 is 5.32 Å². The fourth-order valence-electron chi connectivity index (χ4n) is 3.34. The van der Waals surface area contributed by atoms with Crippen LogP contribution in [0.4, 0.5) is 5.69 Å². The molecule has 1 aliphatic rings. The lowest BCUT2D eigenvalue weighted by molar-refractivity contribution is -0.116. The van der Waals surface area contributed by atoms with Gasteiger partial charge >= 0.3 is 5.69 Å². The molecular weight excluding hydrogens is 338 g/mol. The number of rotatable bonds is 3. The van der Waals surface area contributed by atoms with Gasteiger partial charge in [-0.1, -0.05) is 6.07 Å². The molecule has 2 heterocycles. The van der Waals surface area contributed by atoms with E-state index in [1.807, 2.05) is 18.2 Å². The summed E-state index contributed by atoms with van der Waals surface area (Å²) in [6.07, 6.45) is 3.28. The van der Waals surface area contributed by atoms with E-state index in [2.05, 4.69) is 5.32 Å². The van der Waals surface area contributed by atoms with Crippen molar-refractivity contribution >= 4 is 33.1 Å². The Labute approximate surface area is 147 Å². The average Bonchev–Trinajstić information content (AvgIpc) is 3.25. The highest BCUT2D eigenvalue weighted by Gasteiger charge is 2.16. The smallest absolute Gasteiger partial charge is 0.325 e. The van der Waals surface area contributed by atoms with Crippen LogP contribution in [0, 0.1) is 0 Å². The molecule has 0 atom stereocenters. The highest BCUT2D eigenvalue weighted by atomic mass is 32.1. The van der Waals surface area contributed by atoms with Crippen LogP contribution in [0.5, 0.6) is 0 Å². The molecule has 1 aliphatic carbocycles. The van der Waals surface area contributed by atoms with Crippen molar-refractivity contribution in [3.8, 4) is 0 Å². The summed E-state index contributed by atoms with van der Waals surface area (Å²) in [6, 6.07) is 7.65. The maximum absolute atomic E-state index is 12.4. The second kappa shape index (κ2) is 6.00. The molecule has 1 amide bonds. The summed E-state index contributed by atoms with van der Waals surface area (Å²) in [5.74, 6) is -0.286. The van der Waals surface area contributed by atoms with Gasteiger partial charge in [0, 0.05) is 12.7 Å². The molecule has 7 heteroatoms. The van der Waals surface area contributed by atoms with Crippen molar-refractivity contribution in [2.24, 2.45) is 7.05 Å². The molecule has 0 saturated carbocycles. The molecule has 0 radical (unpaired) electrons. The van der Waals surface area contributed by atoms with Gasteiger partial charge in [0.15, 0.2) is 0 Å². The molecule has 0 aliphatic heterocycles. The number of benzene rings is 1. The lowest BCUT2D eigenvalue weighted by Gasteiger charge is -2.11. The Balaban J connectivity index is 1.63. The summed E-state index contributed by atoms with van der Waals surface area (Å²) >= 11 is 1.27. The first-order valence-corrected chi connectivity index (χ1v) is 9.01. The third-order valence-corrected chi connectivity index (χ3v) is 5.53. The molecule has 4 rings (SSSR count). The molecule has 3 aromatic rings. The highest BCUT2D eigenvalue weighted by molar-refractivity contribution is 7.17. The van der Waals surface area contributed by atoms with Gasteiger partial charge in [-0.3, -0.25) is 18.7 Å². The number of amides is 1. The van der Waals surface area contributed by atoms with Crippen molar-refractivity contribution in [1.29, 1.82) is 0 Å². The van der Waals surface area contributed by atoms with Gasteiger partial charge in [0.1, 0.15) is 11.2 Å². The number of aryl methyl sites for hydroxylation is 2. The van der Waals surface area contributed by atoms with E-state index < -0.39 is 5.69 Å². The van der Waals surface area contributed by atoms with Gasteiger partial charge in [0.25, 0.3) is 5.56 Å². The Bertz CT molecular complexity index is 1110. The minimum absolute atomic E-state index is 0.128. The molecular formula is C18H17N3O3S. The van der Waals surface area contributed by atoms with Crippen LogP contribution in [-0.4, -0.2) is 15.0 Å². The lowest BCUT2D eigenvalue weighted by Crippen LogP contribution is -2.39. The van der Waals surface area contributed by atoms with E-state index in [0.29, 0.717) is 10.2 Å². The molecule has 0 bridgehead atoms. The Morgan fingerprint density at radius 1 is 1.20 bits per heavy atom. The zero-order chi connectivity index (χ0) is 17.6. The van der Waals surface area contributed by atoms with Crippen molar-refractivity contribution in [3.05, 3.63) is 61.6 Å². The van der Waals surface area contributed by atoms with Crippen molar-refractivity contribution in [1.82, 2.24) is 9.13 Å². The Kier molecular flexibility index (Phi) is 3.80. The first-order valence-electron chi connectivity index (χ1n) is 8.13. The number of nitrogens with one attached hydrogen (secondary N) is 1. The summed E-state index contributed by atoms with van der Waals surface area (Å²) in [5, 5.41) is 4.61. The zero-order valence-corrected chi connectivity index (χ0v) is 14.6. The monoisotopic (exact) mass is 355 g/mol. The second-order valence-corrected chi connectivity index (χ2v) is 7.17. The number of carbonyl (C=O) groups is 1. The predicted octanol–water partition coefficient (Wildman–Crippen LogP) is 1.89. The quantitative estimate of drug-likeness (QED) is 0.780. The van der Waals surface area contributed by atoms with Crippen LogP contribution in [-0.2, 0) is 31.2 Å². The summed E-state index contributed by atoms with van der Waals surface area (Å²) in [5.41, 5.74) is 3.04. The Hall–Kier alpha value is -2.67. The predicted molar refractivity (Wildman–Crippen MR) is 98.4 cm³/mol. The van der Waals surface area contributed by atoms with Gasteiger partial charge in [-0.15, -0.1) is 11.3 Å². The number of nitrogens with zero attached hydrogens (tertiary/aromatic N) is 2. The van der Waals surface area contributed by atoms with Crippen LogP contribution < -0.4 is 16.6 Å². The molecule has 0 spiro atoms. The van der Waals surface area contributed by atoms with E-state index >= 15 is 0 Å². The number of thiophene rings is 1. The molecule has 1 aromatic carbocycles. The van der Waals surface area contributed by atoms with Crippen molar-refractivity contribution in [2.45, 2.75) is 25.8 Å². The summed E-state index contributed by atoms with van der Waals surface area (Å²) in [6.45, 7) is -0.128. The minimum Gasteiger partial charge on any atom is -0.325 e. The van der Waals surface area contributed by atoms with Crippen LogP contribution >= 0.6 is 11.3 Å². The summed E-state index contributed by atoms with van der Waals surface area (Å²) in [4.78, 5) is 36.9. The average molecular weight is 355 g/mol. The van der Waals surface area contributed by atoms with Crippen molar-refractivity contribution in [3.63, 3.8) is 0 Å². The fraction of sp³-hybridized carbons (Fsp3) is 0.278. The first kappa shape index (κ1) is 15.8. The third-order valence-electron chi connectivity index (χ3n) is 4.64. The Morgan fingerprint density at radius 3 is 2.84 bits per heavy atom. The van der Waals surface area contributed by atoms with Crippen LogP contribution in [0.2, 0.25) is 0 Å². The van der Waals surface area contributed by atoms with Gasteiger partial charge in [-0.25, -0.2) is 4.79 Å². The molecule has 1 N–H and O–H groups in total. The zero-order valence-electron chi connectivity index (χ0n) is 13.7. The van der Waals surface area contributed by atoms with E-state index in [4.69, 9.17) is 0 Å². The van der Waals surface area contributed by atoms with Crippen molar-refractivity contribution < 1.29 is 4.79 Å². The first-order chi connectivity index (χ1) is 12.0. The minimum atomic E-state index is -0.486. The van der Waals surface area contributed by atoms with Gasteiger partial charge in [0.2, 0.25) is 5.91 Å². The van der Waals surface area contributed by atoms with E-state index in [1.54, 1.807) is 11.4 Å². The SMILES string of the molecule is Cn1c(=O)c2sccc2n(CC(=O)Nc2ccc3c(c2)CCC3)c1=O. The topological polar surface area (TPSA) is 73.1 Å². The maximum Gasteiger partial charge on any atom is 0.331 e. The molecule has 0 fully saturated rings. The molecule has 6 nitrogen and oxygen atoms in total. The largest absolute Gasteiger partial charge is 0.331 e. The number of anilines is 1. The normalized spacial score (nSPS) is 13.2. The molecule has 0 unspecified atom stereocenters. The second-order valence-electron chi connectivity index (χ2n) is 6.25. The summed E-state index contributed by atoms with van der Waals surface area (Å²) in [7, 11) is 1.43. The molecule has 0 saturated heterocycles. The third kappa shape index (κ3) is 2.70. The van der Waals surface area contributed by atoms with Gasteiger partial charge in [-0.2, -0.15) is 0 Å². The van der Waals surface area contributed by atoms with Crippen LogP contribution in [0.15, 0.2) is 39.2 Å². The lowest BCUT2D eigenvalue weighted by atomic mass is 10.1. The van der Waals surface area contributed by atoms with Gasteiger partial charge in [0.05, 0.1) is 5.52 Å². The standard InChI is InChI=1S/C18H17N3O3S/c1-20-17(23)16-14(7-8-25-16)21(18(20)24)10-15(22)19-13-6-5-11-3-2-4-12(11)9-13/h5-9H,2-4,10H2,1H3,(H,19,22). The molecule has 128 valence electrons. The summed E-state index contributed by atoms with van der Waals surface area (Å²) < 4.78 is 2.87. The van der Waals surface area contributed by atoms with Gasteiger partial charge in [-0.05, 0) is 54.0 Å². The van der Waals surface area contributed by atoms with Crippen LogP contribution in [0.25, 0.3) is 10.2 Å². The molecule has 2 aromatic heterocycles. The van der Waals surface area contributed by atoms with E-state index in [0.717, 1.165) is 29.5 Å². The van der Waals surface area contributed by atoms with Crippen LogP contribution in [0.1, 0.15) is 17.5 Å². The number of aromatic nitrogens is 2. The highest BCUT2D eigenvalue weighted by Crippen LogP contribution is 2.25. The van der Waals surface area contributed by atoms with Crippen molar-refractivity contribution in [2.75, 3.05) is 5.32 Å². The van der Waals surface area contributed by atoms with Crippen LogP contribution in [0.3, 0.4) is 0 Å². The van der Waals surface area contributed by atoms with E-state index in [9.17, 15) is 14.4 Å². The van der Waals surface area contributed by atoms with E-state index in [-0.39, 0.29) is 18.0 Å². The number of fused-ring (bicyclic) bond motifs is 2. The number of hydrogen-bond donors (Lipinski definition) is 1. The molecule has 25 heavy (non-hydrogen) atoms. The number of hydrogen-bond acceptors (Lipinski definition) is 4. The fourth-order valence-corrected chi connectivity index (χ4v) is 4.21. The number of carbonyl (C=O) groups excluding carboxylic acids is 1. The Morgan fingerprint density at radius 2 is 2.00 bits per heavy atom.